The van der Waals surface area contributed by atoms with Gasteiger partial charge in [-0.3, -0.25) is 19.8 Å². The summed E-state index contributed by atoms with van der Waals surface area (Å²) in [6.07, 6.45) is 4.99. The zero-order valence-electron chi connectivity index (χ0n) is 17.4. The molecule has 162 valence electrons. The van der Waals surface area contributed by atoms with E-state index in [4.69, 9.17) is 11.1 Å². The molecular formula is C22H31N5O3. The molecule has 0 bridgehead atoms. The number of nitrogens with one attached hydrogen (secondary N) is 3. The van der Waals surface area contributed by atoms with Crippen LogP contribution in [0, 0.1) is 17.2 Å². The van der Waals surface area contributed by atoms with E-state index in [1.807, 2.05) is 0 Å². The molecule has 3 atom stereocenters. The Bertz CT molecular complexity index is 825. The van der Waals surface area contributed by atoms with Gasteiger partial charge in [-0.25, -0.2) is 0 Å². The fourth-order valence-electron chi connectivity index (χ4n) is 4.47. The molecule has 8 nitrogen and oxygen atoms in total. The first kappa shape index (κ1) is 21.8. The average molecular weight is 414 g/mol. The number of rotatable bonds is 8. The second kappa shape index (κ2) is 9.73. The molecule has 1 aliphatic heterocycles. The van der Waals surface area contributed by atoms with Crippen LogP contribution < -0.4 is 16.4 Å². The minimum atomic E-state index is -0.830. The molecule has 8 heteroatoms. The zero-order valence-corrected chi connectivity index (χ0v) is 17.4. The lowest BCUT2D eigenvalue weighted by atomic mass is 10.1. The van der Waals surface area contributed by atoms with Crippen LogP contribution in [0.15, 0.2) is 24.3 Å². The van der Waals surface area contributed by atoms with E-state index < -0.39 is 11.9 Å². The Hall–Kier alpha value is -2.90. The number of para-hydroxylation sites is 1. The predicted octanol–water partition coefficient (Wildman–Crippen LogP) is 1.50. The highest BCUT2D eigenvalue weighted by Crippen LogP contribution is 2.29. The van der Waals surface area contributed by atoms with Gasteiger partial charge in [-0.1, -0.05) is 31.5 Å². The van der Waals surface area contributed by atoms with Crippen LogP contribution >= 0.6 is 0 Å². The first-order valence-corrected chi connectivity index (χ1v) is 10.7. The number of nitrogens with two attached hydrogens (primary N) is 1. The van der Waals surface area contributed by atoms with Crippen LogP contribution in [-0.2, 0) is 14.4 Å². The number of amides is 3. The average Bonchev–Trinajstić information content (AvgIpc) is 3.39. The lowest BCUT2D eigenvalue weighted by molar-refractivity contribution is -0.137. The summed E-state index contributed by atoms with van der Waals surface area (Å²) in [7, 11) is 0. The molecular weight excluding hydrogens is 382 g/mol. The Balaban J connectivity index is 1.55. The van der Waals surface area contributed by atoms with Crippen molar-refractivity contribution in [2.45, 2.75) is 45.1 Å². The van der Waals surface area contributed by atoms with Crippen molar-refractivity contribution < 1.29 is 14.4 Å². The van der Waals surface area contributed by atoms with Crippen molar-refractivity contribution in [3.05, 3.63) is 29.8 Å². The van der Waals surface area contributed by atoms with E-state index in [1.165, 1.54) is 6.42 Å². The third kappa shape index (κ3) is 5.17. The molecule has 0 spiro atoms. The van der Waals surface area contributed by atoms with Gasteiger partial charge in [0.25, 0.3) is 5.91 Å². The highest BCUT2D eigenvalue weighted by molar-refractivity contribution is 6.44. The maximum Gasteiger partial charge on any atom is 0.267 e. The molecule has 0 radical (unpaired) electrons. The summed E-state index contributed by atoms with van der Waals surface area (Å²) in [6.45, 7) is 3.46. The number of primary amides is 1. The second-order valence-corrected chi connectivity index (χ2v) is 8.41. The lowest BCUT2D eigenvalue weighted by Gasteiger charge is -2.25. The number of carbonyl (C=O) groups is 3. The van der Waals surface area contributed by atoms with Crippen molar-refractivity contribution in [1.82, 2.24) is 10.2 Å². The van der Waals surface area contributed by atoms with Crippen molar-refractivity contribution >= 4 is 29.1 Å². The second-order valence-electron chi connectivity index (χ2n) is 8.41. The maximum absolute atomic E-state index is 12.8. The molecule has 1 aromatic rings. The van der Waals surface area contributed by atoms with Gasteiger partial charge >= 0.3 is 0 Å². The van der Waals surface area contributed by atoms with Gasteiger partial charge in [0.15, 0.2) is 0 Å². The molecule has 3 rings (SSSR count). The van der Waals surface area contributed by atoms with Gasteiger partial charge in [-0.15, -0.1) is 0 Å². The fourth-order valence-corrected chi connectivity index (χ4v) is 4.47. The Morgan fingerprint density at radius 2 is 1.97 bits per heavy atom. The predicted molar refractivity (Wildman–Crippen MR) is 115 cm³/mol. The van der Waals surface area contributed by atoms with Gasteiger partial charge in [-0.2, -0.15) is 0 Å². The Morgan fingerprint density at radius 3 is 2.67 bits per heavy atom. The van der Waals surface area contributed by atoms with E-state index >= 15 is 0 Å². The number of benzene rings is 1. The van der Waals surface area contributed by atoms with Crippen molar-refractivity contribution in [3.8, 4) is 0 Å². The number of carbonyl (C=O) groups excluding carboxylic acids is 3. The number of hydrogen-bond acceptors (Lipinski definition) is 5. The van der Waals surface area contributed by atoms with E-state index in [2.05, 4.69) is 17.6 Å². The van der Waals surface area contributed by atoms with Crippen LogP contribution in [0.3, 0.4) is 0 Å². The number of anilines is 1. The molecule has 2 aliphatic rings. The number of hydrogen-bond donors (Lipinski definition) is 4. The van der Waals surface area contributed by atoms with Gasteiger partial charge in [-0.05, 0) is 43.6 Å². The summed E-state index contributed by atoms with van der Waals surface area (Å²) < 4.78 is 0. The SMILES string of the molecule is CC1CCC(CNC(=O)C2CCCN2C(=O)CNc2ccccc2C(=N)C(N)=O)C1. The Kier molecular flexibility index (Phi) is 7.07. The van der Waals surface area contributed by atoms with Gasteiger partial charge in [0.05, 0.1) is 6.54 Å². The van der Waals surface area contributed by atoms with E-state index in [-0.39, 0.29) is 24.1 Å². The minimum absolute atomic E-state index is 0.0209. The summed E-state index contributed by atoms with van der Waals surface area (Å²) >= 11 is 0. The van der Waals surface area contributed by atoms with Crippen LogP contribution in [0.25, 0.3) is 0 Å². The summed E-state index contributed by atoms with van der Waals surface area (Å²) in [4.78, 5) is 38.4. The monoisotopic (exact) mass is 413 g/mol. The van der Waals surface area contributed by atoms with Crippen molar-refractivity contribution in [1.29, 1.82) is 5.41 Å². The van der Waals surface area contributed by atoms with Crippen LogP contribution in [0.4, 0.5) is 5.69 Å². The summed E-state index contributed by atoms with van der Waals surface area (Å²) in [5.74, 6) is 0.178. The van der Waals surface area contributed by atoms with E-state index in [0.29, 0.717) is 36.7 Å². The molecule has 3 amide bonds. The standard InChI is InChI=1S/C22H31N5O3/c1-14-8-9-15(11-14)12-26-22(30)18-7-4-10-27(18)19(28)13-25-17-6-3-2-5-16(17)20(23)21(24)29/h2-3,5-6,14-15,18,23,25H,4,7-13H2,1H3,(H2,24,29)(H,26,30). The molecule has 1 aliphatic carbocycles. The highest BCUT2D eigenvalue weighted by Gasteiger charge is 2.34. The van der Waals surface area contributed by atoms with Crippen LogP contribution in [0.2, 0.25) is 0 Å². The molecule has 5 N–H and O–H groups in total. The summed E-state index contributed by atoms with van der Waals surface area (Å²) in [5.41, 5.74) is 5.74. The first-order valence-electron chi connectivity index (χ1n) is 10.7. The quantitative estimate of drug-likeness (QED) is 0.481. The van der Waals surface area contributed by atoms with Crippen LogP contribution in [0.1, 0.15) is 44.6 Å². The molecule has 1 aromatic carbocycles. The highest BCUT2D eigenvalue weighted by atomic mass is 16.2. The third-order valence-electron chi connectivity index (χ3n) is 6.12. The number of nitrogens with zero attached hydrogens (tertiary/aromatic N) is 1. The van der Waals surface area contributed by atoms with E-state index in [0.717, 1.165) is 25.2 Å². The van der Waals surface area contributed by atoms with E-state index in [1.54, 1.807) is 29.2 Å². The largest absolute Gasteiger partial charge is 0.376 e. The Morgan fingerprint density at radius 1 is 1.20 bits per heavy atom. The van der Waals surface area contributed by atoms with Crippen molar-refractivity contribution in [2.75, 3.05) is 25.0 Å². The molecule has 1 saturated heterocycles. The van der Waals surface area contributed by atoms with Crippen molar-refractivity contribution in [2.24, 2.45) is 17.6 Å². The summed E-state index contributed by atoms with van der Waals surface area (Å²) in [6, 6.07) is 6.32. The molecule has 3 unspecified atom stereocenters. The topological polar surface area (TPSA) is 128 Å². The third-order valence-corrected chi connectivity index (χ3v) is 6.12. The first-order chi connectivity index (χ1) is 14.4. The maximum atomic E-state index is 12.8. The molecule has 30 heavy (non-hydrogen) atoms. The van der Waals surface area contributed by atoms with E-state index in [9.17, 15) is 14.4 Å². The van der Waals surface area contributed by atoms with Gasteiger partial charge in [0, 0.05) is 24.3 Å². The van der Waals surface area contributed by atoms with Gasteiger partial charge < -0.3 is 21.3 Å². The minimum Gasteiger partial charge on any atom is -0.376 e. The lowest BCUT2D eigenvalue weighted by Crippen LogP contribution is -2.48. The molecule has 2 fully saturated rings. The van der Waals surface area contributed by atoms with Gasteiger partial charge in [0.2, 0.25) is 11.8 Å². The van der Waals surface area contributed by atoms with Crippen molar-refractivity contribution in [3.63, 3.8) is 0 Å². The smallest absolute Gasteiger partial charge is 0.267 e. The zero-order chi connectivity index (χ0) is 21.7. The molecule has 0 aromatic heterocycles. The summed E-state index contributed by atoms with van der Waals surface area (Å²) in [5, 5.41) is 13.9. The van der Waals surface area contributed by atoms with Crippen LogP contribution in [0.5, 0.6) is 0 Å². The fraction of sp³-hybridized carbons (Fsp3) is 0.545. The van der Waals surface area contributed by atoms with Gasteiger partial charge in [0.1, 0.15) is 11.8 Å². The number of likely N-dealkylation sites (tertiary alicyclic amines) is 1. The molecule has 1 heterocycles. The normalized spacial score (nSPS) is 23.2. The molecule has 1 saturated carbocycles. The van der Waals surface area contributed by atoms with Crippen LogP contribution in [-0.4, -0.2) is 54.0 Å². The Labute approximate surface area is 177 Å².